The van der Waals surface area contributed by atoms with Crippen LogP contribution in [0, 0.1) is 5.82 Å². The van der Waals surface area contributed by atoms with Crippen LogP contribution in [0.15, 0.2) is 90.2 Å². The highest BCUT2D eigenvalue weighted by Crippen LogP contribution is 2.37. The van der Waals surface area contributed by atoms with Gasteiger partial charge >= 0.3 is 6.09 Å². The quantitative estimate of drug-likeness (QED) is 0.599. The van der Waals surface area contributed by atoms with E-state index in [-0.39, 0.29) is 23.9 Å². The van der Waals surface area contributed by atoms with Gasteiger partial charge in [0, 0.05) is 23.7 Å². The lowest BCUT2D eigenvalue weighted by molar-refractivity contribution is 0.154. The van der Waals surface area contributed by atoms with Crippen molar-refractivity contribution in [2.75, 3.05) is 6.61 Å². The molecule has 0 spiro atoms. The first-order valence-corrected chi connectivity index (χ1v) is 9.68. The number of fused-ring (bicyclic) bond motifs is 2. The second kappa shape index (κ2) is 8.37. The Kier molecular flexibility index (Phi) is 5.48. The highest BCUT2D eigenvalue weighted by Gasteiger charge is 2.42. The van der Waals surface area contributed by atoms with Gasteiger partial charge in [-0.05, 0) is 35.4 Å². The van der Waals surface area contributed by atoms with Gasteiger partial charge in [0.25, 0.3) is 0 Å². The fraction of sp³-hybridized carbons (Fsp3) is 0.167. The topological polar surface area (TPSA) is 67.9 Å². The third-order valence-electron chi connectivity index (χ3n) is 5.34. The first-order valence-electron chi connectivity index (χ1n) is 9.68. The normalized spacial score (nSPS) is 21.4. The fourth-order valence-corrected chi connectivity index (χ4v) is 3.87. The molecule has 5 nitrogen and oxygen atoms in total. The lowest BCUT2D eigenvalue weighted by atomic mass is 9.84. The van der Waals surface area contributed by atoms with Gasteiger partial charge in [-0.2, -0.15) is 0 Å². The average Bonchev–Trinajstić information content (AvgIpc) is 3.12. The minimum absolute atomic E-state index is 0.0283. The molecule has 152 valence electrons. The molecule has 2 aliphatic rings. The van der Waals surface area contributed by atoms with Crippen LogP contribution in [0.4, 0.5) is 9.18 Å². The van der Waals surface area contributed by atoms with E-state index in [1.807, 2.05) is 24.3 Å². The zero-order valence-electron chi connectivity index (χ0n) is 16.4. The summed E-state index contributed by atoms with van der Waals surface area (Å²) in [7, 11) is 0. The van der Waals surface area contributed by atoms with Gasteiger partial charge < -0.3 is 10.5 Å². The molecule has 2 aromatic carbocycles. The predicted molar refractivity (Wildman–Crippen MR) is 114 cm³/mol. The van der Waals surface area contributed by atoms with Gasteiger partial charge in [0.2, 0.25) is 0 Å². The van der Waals surface area contributed by atoms with Gasteiger partial charge in [-0.25, -0.2) is 9.18 Å². The number of aliphatic imine (C=N–C) groups is 1. The molecule has 2 N–H and O–H groups in total. The van der Waals surface area contributed by atoms with Crippen LogP contribution >= 0.6 is 0 Å². The fourth-order valence-electron chi connectivity index (χ4n) is 3.87. The molecule has 30 heavy (non-hydrogen) atoms. The number of benzene rings is 2. The molecule has 0 radical (unpaired) electrons. The number of carbonyl (C=O) groups excluding carboxylic acids is 1. The lowest BCUT2D eigenvalue weighted by Gasteiger charge is -2.34. The number of allylic oxidation sites excluding steroid dienone is 2. The molecule has 2 aliphatic heterocycles. The van der Waals surface area contributed by atoms with Crippen LogP contribution in [0.3, 0.4) is 0 Å². The zero-order valence-corrected chi connectivity index (χ0v) is 16.4. The van der Waals surface area contributed by atoms with Crippen LogP contribution in [0.1, 0.15) is 22.6 Å². The van der Waals surface area contributed by atoms with Crippen molar-refractivity contribution in [2.24, 2.45) is 10.7 Å². The van der Waals surface area contributed by atoms with E-state index < -0.39 is 0 Å². The maximum atomic E-state index is 13.5. The van der Waals surface area contributed by atoms with Crippen molar-refractivity contribution >= 4 is 11.8 Å². The molecule has 4 rings (SSSR count). The molecule has 0 saturated carbocycles. The van der Waals surface area contributed by atoms with Crippen LogP contribution in [0.2, 0.25) is 0 Å². The first kappa shape index (κ1) is 19.6. The molecule has 1 amide bonds. The van der Waals surface area contributed by atoms with Crippen LogP contribution in [-0.2, 0) is 11.3 Å². The summed E-state index contributed by atoms with van der Waals surface area (Å²) in [6, 6.07) is 14.1. The van der Waals surface area contributed by atoms with E-state index in [0.717, 1.165) is 11.1 Å². The Bertz CT molecular complexity index is 1070. The Labute approximate surface area is 174 Å². The Balaban J connectivity index is 1.59. The van der Waals surface area contributed by atoms with Crippen molar-refractivity contribution in [2.45, 2.75) is 18.5 Å². The monoisotopic (exact) mass is 403 g/mol. The largest absolute Gasteiger partial charge is 0.447 e. The minimum Gasteiger partial charge on any atom is -0.447 e. The molecule has 1 saturated heterocycles. The summed E-state index contributed by atoms with van der Waals surface area (Å²) in [5, 5.41) is 0. The summed E-state index contributed by atoms with van der Waals surface area (Å²) in [6.07, 6.45) is 6.55. The van der Waals surface area contributed by atoms with Crippen molar-refractivity contribution in [1.82, 2.24) is 4.90 Å². The van der Waals surface area contributed by atoms with E-state index in [9.17, 15) is 9.18 Å². The van der Waals surface area contributed by atoms with Gasteiger partial charge in [-0.15, -0.1) is 0 Å². The zero-order chi connectivity index (χ0) is 21.1. The van der Waals surface area contributed by atoms with Gasteiger partial charge in [0.05, 0.1) is 18.0 Å². The SMILES string of the molecule is C=CC(=N/C=C(N)/C=C/C1c2ccccc2CN2C(=O)OC[C@H]12)c1cccc(F)c1. The van der Waals surface area contributed by atoms with E-state index in [1.165, 1.54) is 18.3 Å². The van der Waals surface area contributed by atoms with E-state index in [2.05, 4.69) is 17.6 Å². The van der Waals surface area contributed by atoms with Crippen molar-refractivity contribution < 1.29 is 13.9 Å². The van der Waals surface area contributed by atoms with E-state index in [1.54, 1.807) is 29.2 Å². The van der Waals surface area contributed by atoms with Crippen LogP contribution in [0.5, 0.6) is 0 Å². The van der Waals surface area contributed by atoms with Crippen LogP contribution < -0.4 is 5.73 Å². The third kappa shape index (κ3) is 3.89. The number of nitrogens with two attached hydrogens (primary N) is 1. The first-order chi connectivity index (χ1) is 14.6. The number of hydrogen-bond donors (Lipinski definition) is 1. The molecular weight excluding hydrogens is 381 g/mol. The van der Waals surface area contributed by atoms with Gasteiger partial charge in [-0.1, -0.05) is 49.1 Å². The van der Waals surface area contributed by atoms with Crippen LogP contribution in [0.25, 0.3) is 0 Å². The Morgan fingerprint density at radius 3 is 2.90 bits per heavy atom. The summed E-state index contributed by atoms with van der Waals surface area (Å²) in [5.41, 5.74) is 9.98. The molecule has 0 bridgehead atoms. The summed E-state index contributed by atoms with van der Waals surface area (Å²) < 4.78 is 18.7. The molecule has 2 aromatic rings. The maximum Gasteiger partial charge on any atom is 0.410 e. The van der Waals surface area contributed by atoms with E-state index in [0.29, 0.717) is 30.1 Å². The predicted octanol–water partition coefficient (Wildman–Crippen LogP) is 4.28. The number of nitrogens with zero attached hydrogens (tertiary/aromatic N) is 2. The summed E-state index contributed by atoms with van der Waals surface area (Å²) >= 11 is 0. The molecule has 0 aliphatic carbocycles. The van der Waals surface area contributed by atoms with E-state index in [4.69, 9.17) is 10.5 Å². The standard InChI is InChI=1S/C24H22FN3O2/c1-2-22(16-7-5-8-18(25)12-16)27-13-19(26)10-11-21-20-9-4-3-6-17(20)14-28-23(21)15-30-24(28)29/h2-13,21,23H,1,14-15,26H2/b11-10+,19-13-,27-22?/t21?,23-/m1/s1. The highest BCUT2D eigenvalue weighted by molar-refractivity contribution is 6.08. The lowest BCUT2D eigenvalue weighted by Crippen LogP contribution is -2.41. The Morgan fingerprint density at radius 2 is 2.10 bits per heavy atom. The smallest absolute Gasteiger partial charge is 0.410 e. The maximum absolute atomic E-state index is 13.5. The highest BCUT2D eigenvalue weighted by atomic mass is 19.1. The average molecular weight is 403 g/mol. The number of cyclic esters (lactones) is 1. The Morgan fingerprint density at radius 1 is 1.27 bits per heavy atom. The Hall–Kier alpha value is -3.67. The van der Waals surface area contributed by atoms with Gasteiger partial charge in [0.15, 0.2) is 0 Å². The minimum atomic E-state index is -0.340. The number of amides is 1. The second-order valence-corrected chi connectivity index (χ2v) is 7.21. The summed E-state index contributed by atoms with van der Waals surface area (Å²) in [4.78, 5) is 18.2. The summed E-state index contributed by atoms with van der Waals surface area (Å²) in [6.45, 7) is 4.64. The number of rotatable bonds is 5. The molecule has 1 fully saturated rings. The molecule has 1 unspecified atom stereocenters. The number of halogens is 1. The van der Waals surface area contributed by atoms with Gasteiger partial charge in [-0.3, -0.25) is 9.89 Å². The molecule has 6 heteroatoms. The summed E-state index contributed by atoms with van der Waals surface area (Å²) in [5.74, 6) is -0.368. The molecule has 0 aromatic heterocycles. The van der Waals surface area contributed by atoms with E-state index >= 15 is 0 Å². The number of ether oxygens (including phenoxy) is 1. The molecule has 2 atom stereocenters. The van der Waals surface area contributed by atoms with Crippen molar-refractivity contribution in [3.8, 4) is 0 Å². The molecular formula is C24H22FN3O2. The number of carbonyl (C=O) groups is 1. The van der Waals surface area contributed by atoms with Gasteiger partial charge in [0.1, 0.15) is 12.4 Å². The van der Waals surface area contributed by atoms with Crippen molar-refractivity contribution in [3.63, 3.8) is 0 Å². The number of hydrogen-bond acceptors (Lipinski definition) is 4. The van der Waals surface area contributed by atoms with Crippen molar-refractivity contribution in [3.05, 3.63) is 108 Å². The molecule has 2 heterocycles. The second-order valence-electron chi connectivity index (χ2n) is 7.21. The van der Waals surface area contributed by atoms with Crippen LogP contribution in [-0.4, -0.2) is 29.4 Å². The third-order valence-corrected chi connectivity index (χ3v) is 5.34. The van der Waals surface area contributed by atoms with Crippen molar-refractivity contribution in [1.29, 1.82) is 0 Å².